The maximum atomic E-state index is 12.5. The minimum absolute atomic E-state index is 0.0495. The molecule has 0 bridgehead atoms. The van der Waals surface area contributed by atoms with Crippen molar-refractivity contribution in [3.63, 3.8) is 0 Å². The van der Waals surface area contributed by atoms with Gasteiger partial charge in [0.2, 0.25) is 5.91 Å². The average Bonchev–Trinajstić information content (AvgIpc) is 2.91. The van der Waals surface area contributed by atoms with E-state index in [0.29, 0.717) is 24.2 Å². The Balaban J connectivity index is 1.35. The lowest BCUT2D eigenvalue weighted by Gasteiger charge is -2.52. The predicted octanol–water partition coefficient (Wildman–Crippen LogP) is 3.91. The van der Waals surface area contributed by atoms with E-state index in [1.165, 1.54) is 24.8 Å². The Morgan fingerprint density at radius 1 is 1.29 bits per heavy atom. The summed E-state index contributed by atoms with van der Waals surface area (Å²) in [6.45, 7) is 5.71. The molecule has 2 saturated carbocycles. The number of amides is 1. The number of halogens is 1. The molecular formula is C20H26ClNO2. The molecule has 1 aliphatic heterocycles. The van der Waals surface area contributed by atoms with E-state index in [9.17, 15) is 9.90 Å². The zero-order valence-corrected chi connectivity index (χ0v) is 15.3. The Morgan fingerprint density at radius 2 is 2.00 bits per heavy atom. The van der Waals surface area contributed by atoms with Gasteiger partial charge in [0.15, 0.2) is 0 Å². The summed E-state index contributed by atoms with van der Waals surface area (Å²) < 4.78 is 0. The second kappa shape index (κ2) is 5.47. The van der Waals surface area contributed by atoms with Crippen molar-refractivity contribution < 1.29 is 9.90 Å². The summed E-state index contributed by atoms with van der Waals surface area (Å²) in [7, 11) is 0. The highest BCUT2D eigenvalue weighted by atomic mass is 35.5. The molecule has 1 atom stereocenters. The smallest absolute Gasteiger partial charge is 0.225 e. The SMILES string of the molecule is Cc1cc([C@@H]2CCC3(C2)CN(C(=O)C2CC(C)(O)C2)C3)ccc1Cl. The van der Waals surface area contributed by atoms with Gasteiger partial charge < -0.3 is 10.0 Å². The summed E-state index contributed by atoms with van der Waals surface area (Å²) in [5.41, 5.74) is 2.26. The summed E-state index contributed by atoms with van der Waals surface area (Å²) in [5, 5.41) is 10.7. The summed E-state index contributed by atoms with van der Waals surface area (Å²) in [4.78, 5) is 14.5. The first kappa shape index (κ1) is 16.4. The van der Waals surface area contributed by atoms with Crippen molar-refractivity contribution in [3.05, 3.63) is 34.3 Å². The van der Waals surface area contributed by atoms with Crippen molar-refractivity contribution >= 4 is 17.5 Å². The molecule has 1 aromatic rings. The van der Waals surface area contributed by atoms with Gasteiger partial charge in [0.05, 0.1) is 5.60 Å². The largest absolute Gasteiger partial charge is 0.390 e. The molecule has 4 heteroatoms. The second-order valence-electron chi connectivity index (χ2n) is 8.74. The number of likely N-dealkylation sites (tertiary alicyclic amines) is 1. The average molecular weight is 348 g/mol. The van der Waals surface area contributed by atoms with E-state index in [1.54, 1.807) is 0 Å². The van der Waals surface area contributed by atoms with Crippen LogP contribution in [0.25, 0.3) is 0 Å². The fraction of sp³-hybridized carbons (Fsp3) is 0.650. The quantitative estimate of drug-likeness (QED) is 0.881. The van der Waals surface area contributed by atoms with Gasteiger partial charge in [-0.3, -0.25) is 4.79 Å². The Morgan fingerprint density at radius 3 is 2.62 bits per heavy atom. The lowest BCUT2D eigenvalue weighted by molar-refractivity contribution is -0.161. The van der Waals surface area contributed by atoms with E-state index < -0.39 is 5.60 Å². The number of rotatable bonds is 2. The first-order valence-electron chi connectivity index (χ1n) is 9.04. The summed E-state index contributed by atoms with van der Waals surface area (Å²) in [6.07, 6.45) is 4.86. The van der Waals surface area contributed by atoms with Gasteiger partial charge in [0, 0.05) is 29.4 Å². The monoisotopic (exact) mass is 347 g/mol. The topological polar surface area (TPSA) is 40.5 Å². The number of benzene rings is 1. The van der Waals surface area contributed by atoms with Gasteiger partial charge in [-0.1, -0.05) is 23.7 Å². The van der Waals surface area contributed by atoms with Gasteiger partial charge in [-0.2, -0.15) is 0 Å². The third kappa shape index (κ3) is 2.76. The highest BCUT2D eigenvalue weighted by molar-refractivity contribution is 6.31. The van der Waals surface area contributed by atoms with E-state index in [2.05, 4.69) is 19.1 Å². The lowest BCUT2D eigenvalue weighted by atomic mass is 9.69. The molecule has 1 heterocycles. The molecule has 1 saturated heterocycles. The molecule has 0 unspecified atom stereocenters. The van der Waals surface area contributed by atoms with Crippen LogP contribution in [0.2, 0.25) is 5.02 Å². The number of hydrogen-bond donors (Lipinski definition) is 1. The van der Waals surface area contributed by atoms with Crippen LogP contribution in [0.15, 0.2) is 18.2 Å². The minimum Gasteiger partial charge on any atom is -0.390 e. The van der Waals surface area contributed by atoms with Crippen LogP contribution in [0.1, 0.15) is 56.1 Å². The fourth-order valence-corrected chi connectivity index (χ4v) is 5.17. The van der Waals surface area contributed by atoms with E-state index in [-0.39, 0.29) is 11.8 Å². The molecule has 1 aromatic carbocycles. The van der Waals surface area contributed by atoms with E-state index in [0.717, 1.165) is 23.7 Å². The minimum atomic E-state index is -0.617. The van der Waals surface area contributed by atoms with Crippen LogP contribution < -0.4 is 0 Å². The Bertz CT molecular complexity index is 670. The lowest BCUT2D eigenvalue weighted by Crippen LogP contribution is -2.61. The maximum absolute atomic E-state index is 12.5. The molecule has 1 amide bonds. The van der Waals surface area contributed by atoms with Crippen LogP contribution in [0.5, 0.6) is 0 Å². The number of aliphatic hydroxyl groups is 1. The highest BCUT2D eigenvalue weighted by Crippen LogP contribution is 2.53. The van der Waals surface area contributed by atoms with Crippen LogP contribution in [-0.2, 0) is 4.79 Å². The van der Waals surface area contributed by atoms with Gasteiger partial charge in [-0.05, 0) is 69.1 Å². The third-order valence-corrected chi connectivity index (χ3v) is 6.87. The molecule has 0 radical (unpaired) electrons. The maximum Gasteiger partial charge on any atom is 0.225 e. The molecule has 3 fully saturated rings. The molecule has 0 aromatic heterocycles. The van der Waals surface area contributed by atoms with E-state index >= 15 is 0 Å². The summed E-state index contributed by atoms with van der Waals surface area (Å²) in [6, 6.07) is 6.40. The predicted molar refractivity (Wildman–Crippen MR) is 95.1 cm³/mol. The molecule has 4 rings (SSSR count). The first-order chi connectivity index (χ1) is 11.3. The molecule has 130 valence electrons. The van der Waals surface area contributed by atoms with Crippen molar-refractivity contribution in [1.29, 1.82) is 0 Å². The van der Waals surface area contributed by atoms with Crippen molar-refractivity contribution in [2.45, 2.75) is 57.5 Å². The molecule has 3 nitrogen and oxygen atoms in total. The Hall–Kier alpha value is -1.06. The number of hydrogen-bond acceptors (Lipinski definition) is 2. The van der Waals surface area contributed by atoms with E-state index in [4.69, 9.17) is 11.6 Å². The molecule has 2 aliphatic carbocycles. The zero-order chi connectivity index (χ0) is 17.1. The molecular weight excluding hydrogens is 322 g/mol. The van der Waals surface area contributed by atoms with Crippen molar-refractivity contribution in [2.24, 2.45) is 11.3 Å². The van der Waals surface area contributed by atoms with Gasteiger partial charge in [-0.15, -0.1) is 0 Å². The number of aryl methyl sites for hydroxylation is 1. The first-order valence-corrected chi connectivity index (χ1v) is 9.42. The molecule has 1 N–H and O–H groups in total. The normalized spacial score (nSPS) is 34.1. The van der Waals surface area contributed by atoms with Gasteiger partial charge in [0.1, 0.15) is 0 Å². The summed E-state index contributed by atoms with van der Waals surface area (Å²) >= 11 is 6.14. The zero-order valence-electron chi connectivity index (χ0n) is 14.5. The third-order valence-electron chi connectivity index (χ3n) is 6.44. The highest BCUT2D eigenvalue weighted by Gasteiger charge is 2.53. The van der Waals surface area contributed by atoms with Crippen molar-refractivity contribution in [3.8, 4) is 0 Å². The van der Waals surface area contributed by atoms with E-state index in [1.807, 2.05) is 17.9 Å². The van der Waals surface area contributed by atoms with Crippen molar-refractivity contribution in [1.82, 2.24) is 4.90 Å². The van der Waals surface area contributed by atoms with Crippen LogP contribution in [0, 0.1) is 18.3 Å². The van der Waals surface area contributed by atoms with Crippen LogP contribution in [-0.4, -0.2) is 34.6 Å². The standard InChI is InChI=1S/C20H26ClNO2/c1-13-7-14(3-4-17(13)21)15-5-6-20(10-15)11-22(12-20)18(23)16-8-19(2,24)9-16/h3-4,7,15-16,24H,5-6,8-12H2,1-2H3/t15-,16?,19?/m1/s1. The van der Waals surface area contributed by atoms with Crippen LogP contribution >= 0.6 is 11.6 Å². The Kier molecular flexibility index (Phi) is 3.74. The molecule has 1 spiro atoms. The Labute approximate surface area is 149 Å². The molecule has 3 aliphatic rings. The fourth-order valence-electron chi connectivity index (χ4n) is 5.05. The van der Waals surface area contributed by atoms with Crippen molar-refractivity contribution in [2.75, 3.05) is 13.1 Å². The second-order valence-corrected chi connectivity index (χ2v) is 9.15. The molecule has 24 heavy (non-hydrogen) atoms. The van der Waals surface area contributed by atoms with Gasteiger partial charge in [-0.25, -0.2) is 0 Å². The number of nitrogens with zero attached hydrogens (tertiary/aromatic N) is 1. The summed E-state index contributed by atoms with van der Waals surface area (Å²) in [5.74, 6) is 0.911. The van der Waals surface area contributed by atoms with Gasteiger partial charge in [0.25, 0.3) is 0 Å². The number of carbonyl (C=O) groups excluding carboxylic acids is 1. The van der Waals surface area contributed by atoms with Crippen LogP contribution in [0.4, 0.5) is 0 Å². The van der Waals surface area contributed by atoms with Crippen LogP contribution in [0.3, 0.4) is 0 Å². The van der Waals surface area contributed by atoms with Gasteiger partial charge >= 0.3 is 0 Å². The number of carbonyl (C=O) groups is 1.